The molecule has 6 nitrogen and oxygen atoms in total. The van der Waals surface area contributed by atoms with Crippen molar-refractivity contribution in [2.75, 3.05) is 30.8 Å². The molecule has 1 saturated heterocycles. The lowest BCUT2D eigenvalue weighted by Crippen LogP contribution is -2.32. The van der Waals surface area contributed by atoms with Crippen LogP contribution in [-0.2, 0) is 14.3 Å². The smallest absolute Gasteiger partial charge is 0.339 e. The summed E-state index contributed by atoms with van der Waals surface area (Å²) in [6.07, 6.45) is 1.98. The zero-order valence-corrected chi connectivity index (χ0v) is 17.2. The molecule has 0 aliphatic carbocycles. The Morgan fingerprint density at radius 3 is 2.45 bits per heavy atom. The van der Waals surface area contributed by atoms with Gasteiger partial charge in [-0.05, 0) is 44.0 Å². The van der Waals surface area contributed by atoms with Gasteiger partial charge < -0.3 is 15.0 Å². The van der Waals surface area contributed by atoms with E-state index >= 15 is 0 Å². The molecule has 0 atom stereocenters. The monoisotopic (exact) mass is 412 g/mol. The molecule has 7 heteroatoms. The van der Waals surface area contributed by atoms with Gasteiger partial charge in [0, 0.05) is 23.7 Å². The van der Waals surface area contributed by atoms with Crippen molar-refractivity contribution in [3.63, 3.8) is 0 Å². The molecule has 1 heterocycles. The third-order valence-corrected chi connectivity index (χ3v) is 5.66. The molecule has 1 aliphatic heterocycles. The molecule has 0 radical (unpaired) electrons. The number of aryl methyl sites for hydroxylation is 1. The molecule has 1 fully saturated rings. The molecule has 0 spiro atoms. The van der Waals surface area contributed by atoms with Crippen LogP contribution in [-0.4, -0.2) is 48.1 Å². The third kappa shape index (κ3) is 6.09. The molecule has 0 saturated carbocycles. The molecule has 2 aromatic rings. The maximum absolute atomic E-state index is 12.4. The Labute approximate surface area is 174 Å². The highest BCUT2D eigenvalue weighted by molar-refractivity contribution is 8.00. The minimum absolute atomic E-state index is 0.158. The number of benzene rings is 2. The van der Waals surface area contributed by atoms with Crippen LogP contribution in [0.2, 0.25) is 0 Å². The van der Waals surface area contributed by atoms with Gasteiger partial charge in [0.15, 0.2) is 6.61 Å². The number of likely N-dealkylation sites (tertiary alicyclic amines) is 1. The number of thioether (sulfide) groups is 1. The normalized spacial score (nSPS) is 13.2. The van der Waals surface area contributed by atoms with Gasteiger partial charge in [-0.15, -0.1) is 11.8 Å². The van der Waals surface area contributed by atoms with Gasteiger partial charge in [0.1, 0.15) is 0 Å². The van der Waals surface area contributed by atoms with Gasteiger partial charge >= 0.3 is 5.97 Å². The number of hydrogen-bond acceptors (Lipinski definition) is 5. The van der Waals surface area contributed by atoms with Crippen LogP contribution in [0.5, 0.6) is 0 Å². The van der Waals surface area contributed by atoms with Gasteiger partial charge in [0.2, 0.25) is 5.91 Å². The summed E-state index contributed by atoms with van der Waals surface area (Å²) < 4.78 is 5.21. The van der Waals surface area contributed by atoms with Crippen molar-refractivity contribution in [3.8, 4) is 0 Å². The summed E-state index contributed by atoms with van der Waals surface area (Å²) in [5, 5.41) is 2.83. The first-order valence-corrected chi connectivity index (χ1v) is 10.5. The fourth-order valence-corrected chi connectivity index (χ4v) is 3.84. The van der Waals surface area contributed by atoms with Crippen molar-refractivity contribution in [1.82, 2.24) is 4.90 Å². The number of esters is 1. The maximum Gasteiger partial charge on any atom is 0.339 e. The molecule has 152 valence electrons. The predicted molar refractivity (Wildman–Crippen MR) is 113 cm³/mol. The van der Waals surface area contributed by atoms with Crippen molar-refractivity contribution in [1.29, 1.82) is 0 Å². The Bertz CT molecular complexity index is 877. The van der Waals surface area contributed by atoms with Crippen molar-refractivity contribution in [3.05, 3.63) is 59.7 Å². The van der Waals surface area contributed by atoms with Gasteiger partial charge in [-0.3, -0.25) is 9.59 Å². The molecule has 1 N–H and O–H groups in total. The Morgan fingerprint density at radius 1 is 1.03 bits per heavy atom. The average molecular weight is 413 g/mol. The molecular weight excluding hydrogens is 388 g/mol. The molecule has 0 aromatic heterocycles. The lowest BCUT2D eigenvalue weighted by Gasteiger charge is -2.15. The molecular formula is C22H24N2O4S. The molecule has 3 rings (SSSR count). The van der Waals surface area contributed by atoms with E-state index < -0.39 is 5.97 Å². The number of anilines is 1. The molecule has 2 aromatic carbocycles. The highest BCUT2D eigenvalue weighted by Crippen LogP contribution is 2.24. The number of nitrogens with zero attached hydrogens (tertiary/aromatic N) is 1. The van der Waals surface area contributed by atoms with E-state index in [0.29, 0.717) is 10.5 Å². The number of amides is 2. The average Bonchev–Trinajstić information content (AvgIpc) is 3.27. The number of carbonyl (C=O) groups is 3. The van der Waals surface area contributed by atoms with Crippen LogP contribution in [0, 0.1) is 6.92 Å². The standard InChI is InChI=1S/C22H24N2O4S/c1-16-8-10-17(11-9-16)23-20(25)15-29-19-7-3-2-6-18(19)22(27)28-14-21(26)24-12-4-5-13-24/h2-3,6-11H,4-5,12-15H2,1H3,(H,23,25). The predicted octanol–water partition coefficient (Wildman–Crippen LogP) is 3.51. The molecule has 29 heavy (non-hydrogen) atoms. The molecule has 1 aliphatic rings. The van der Waals surface area contributed by atoms with E-state index in [1.807, 2.05) is 31.2 Å². The van der Waals surface area contributed by atoms with E-state index in [2.05, 4.69) is 5.32 Å². The first-order chi connectivity index (χ1) is 14.0. The zero-order valence-electron chi connectivity index (χ0n) is 16.3. The van der Waals surface area contributed by atoms with E-state index in [4.69, 9.17) is 4.74 Å². The van der Waals surface area contributed by atoms with Crippen LogP contribution in [0.1, 0.15) is 28.8 Å². The summed E-state index contributed by atoms with van der Waals surface area (Å²) in [6.45, 7) is 3.17. The van der Waals surface area contributed by atoms with Crippen molar-refractivity contribution in [2.24, 2.45) is 0 Å². The Hall–Kier alpha value is -2.80. The Balaban J connectivity index is 1.53. The third-order valence-electron chi connectivity index (χ3n) is 4.59. The van der Waals surface area contributed by atoms with Gasteiger partial charge in [-0.25, -0.2) is 4.79 Å². The SMILES string of the molecule is Cc1ccc(NC(=O)CSc2ccccc2C(=O)OCC(=O)N2CCCC2)cc1. The second kappa shape index (κ2) is 10.1. The number of rotatable bonds is 7. The van der Waals surface area contributed by atoms with Crippen molar-refractivity contribution < 1.29 is 19.1 Å². The minimum atomic E-state index is -0.556. The first-order valence-electron chi connectivity index (χ1n) is 9.56. The fourth-order valence-electron chi connectivity index (χ4n) is 3.00. The second-order valence-electron chi connectivity index (χ2n) is 6.86. The lowest BCUT2D eigenvalue weighted by molar-refractivity contribution is -0.133. The maximum atomic E-state index is 12.4. The van der Waals surface area contributed by atoms with E-state index in [1.165, 1.54) is 11.8 Å². The van der Waals surface area contributed by atoms with Gasteiger partial charge in [0.05, 0.1) is 11.3 Å². The fraction of sp³-hybridized carbons (Fsp3) is 0.318. The molecule has 0 bridgehead atoms. The van der Waals surface area contributed by atoms with E-state index in [-0.39, 0.29) is 24.2 Å². The van der Waals surface area contributed by atoms with Crippen LogP contribution < -0.4 is 5.32 Å². The van der Waals surface area contributed by atoms with Gasteiger partial charge in [-0.2, -0.15) is 0 Å². The Kier molecular flexibility index (Phi) is 7.30. The molecule has 0 unspecified atom stereocenters. The highest BCUT2D eigenvalue weighted by atomic mass is 32.2. The first kappa shape index (κ1) is 20.9. The molecule has 2 amide bonds. The van der Waals surface area contributed by atoms with Crippen LogP contribution >= 0.6 is 11.8 Å². The van der Waals surface area contributed by atoms with E-state index in [9.17, 15) is 14.4 Å². The zero-order chi connectivity index (χ0) is 20.6. The van der Waals surface area contributed by atoms with Crippen LogP contribution in [0.15, 0.2) is 53.4 Å². The van der Waals surface area contributed by atoms with Crippen LogP contribution in [0.4, 0.5) is 5.69 Å². The van der Waals surface area contributed by atoms with Gasteiger partial charge in [-0.1, -0.05) is 29.8 Å². The van der Waals surface area contributed by atoms with Crippen LogP contribution in [0.25, 0.3) is 0 Å². The second-order valence-corrected chi connectivity index (χ2v) is 7.88. The Morgan fingerprint density at radius 2 is 1.72 bits per heavy atom. The van der Waals surface area contributed by atoms with E-state index in [1.54, 1.807) is 29.2 Å². The summed E-state index contributed by atoms with van der Waals surface area (Å²) in [5.74, 6) is -0.727. The number of hydrogen-bond donors (Lipinski definition) is 1. The van der Waals surface area contributed by atoms with Gasteiger partial charge in [0.25, 0.3) is 5.91 Å². The van der Waals surface area contributed by atoms with Crippen LogP contribution in [0.3, 0.4) is 0 Å². The lowest BCUT2D eigenvalue weighted by atomic mass is 10.2. The minimum Gasteiger partial charge on any atom is -0.452 e. The topological polar surface area (TPSA) is 75.7 Å². The van der Waals surface area contributed by atoms with E-state index in [0.717, 1.165) is 37.2 Å². The summed E-state index contributed by atoms with van der Waals surface area (Å²) in [4.78, 5) is 39.1. The summed E-state index contributed by atoms with van der Waals surface area (Å²) in [7, 11) is 0. The summed E-state index contributed by atoms with van der Waals surface area (Å²) in [6, 6.07) is 14.5. The summed E-state index contributed by atoms with van der Waals surface area (Å²) in [5.41, 5.74) is 2.21. The highest BCUT2D eigenvalue weighted by Gasteiger charge is 2.20. The largest absolute Gasteiger partial charge is 0.452 e. The summed E-state index contributed by atoms with van der Waals surface area (Å²) >= 11 is 1.26. The van der Waals surface area contributed by atoms with Crippen molar-refractivity contribution in [2.45, 2.75) is 24.7 Å². The number of carbonyl (C=O) groups excluding carboxylic acids is 3. The quantitative estimate of drug-likeness (QED) is 0.556. The number of nitrogens with one attached hydrogen (secondary N) is 1. The van der Waals surface area contributed by atoms with Crippen molar-refractivity contribution >= 4 is 35.2 Å². The number of ether oxygens (including phenoxy) is 1.